The summed E-state index contributed by atoms with van der Waals surface area (Å²) in [6.45, 7) is 5.79. The van der Waals surface area contributed by atoms with E-state index in [-0.39, 0.29) is 11.9 Å². The predicted octanol–water partition coefficient (Wildman–Crippen LogP) is 1.89. The Morgan fingerprint density at radius 2 is 2.12 bits per heavy atom. The maximum absolute atomic E-state index is 12.3. The van der Waals surface area contributed by atoms with E-state index in [1.165, 1.54) is 0 Å². The van der Waals surface area contributed by atoms with Crippen LogP contribution < -0.4 is 0 Å². The van der Waals surface area contributed by atoms with Crippen molar-refractivity contribution < 1.29 is 4.79 Å². The number of halogens is 1. The van der Waals surface area contributed by atoms with Crippen LogP contribution in [0.2, 0.25) is 0 Å². The molecule has 16 heavy (non-hydrogen) atoms. The van der Waals surface area contributed by atoms with Crippen molar-refractivity contribution in [2.45, 2.75) is 26.8 Å². The lowest BCUT2D eigenvalue weighted by atomic mass is 10.1. The molecule has 5 heteroatoms. The van der Waals surface area contributed by atoms with Crippen molar-refractivity contribution in [3.05, 3.63) is 17.0 Å². The van der Waals surface area contributed by atoms with Gasteiger partial charge in [0.1, 0.15) is 0 Å². The summed E-state index contributed by atoms with van der Waals surface area (Å²) in [5.74, 6) is 0.0371. The molecule has 0 aliphatic carbocycles. The molecule has 0 radical (unpaired) electrons. The standard InChI is InChI=1S/C11H18BrN3O/c1-7(6-12)14(4)11(16)10-8(2)13-15(5)9(10)3/h7H,6H2,1-5H3. The Bertz CT molecular complexity index is 400. The number of hydrogen-bond acceptors (Lipinski definition) is 2. The van der Waals surface area contributed by atoms with Crippen LogP contribution in [-0.2, 0) is 7.05 Å². The first-order valence-electron chi connectivity index (χ1n) is 5.23. The first-order valence-corrected chi connectivity index (χ1v) is 6.35. The Hall–Kier alpha value is -0.840. The quantitative estimate of drug-likeness (QED) is 0.797. The van der Waals surface area contributed by atoms with E-state index in [1.807, 2.05) is 34.9 Å². The molecule has 0 N–H and O–H groups in total. The number of amides is 1. The second-order valence-electron chi connectivity index (χ2n) is 4.09. The van der Waals surface area contributed by atoms with Crippen molar-refractivity contribution in [3.63, 3.8) is 0 Å². The van der Waals surface area contributed by atoms with Gasteiger partial charge in [-0.1, -0.05) is 15.9 Å². The fraction of sp³-hybridized carbons (Fsp3) is 0.636. The highest BCUT2D eigenvalue weighted by molar-refractivity contribution is 9.09. The van der Waals surface area contributed by atoms with E-state index < -0.39 is 0 Å². The average molecular weight is 288 g/mol. The van der Waals surface area contributed by atoms with Crippen molar-refractivity contribution in [3.8, 4) is 0 Å². The largest absolute Gasteiger partial charge is 0.338 e. The molecule has 0 saturated carbocycles. The fourth-order valence-corrected chi connectivity index (χ4v) is 2.00. The molecule has 0 fully saturated rings. The molecule has 4 nitrogen and oxygen atoms in total. The molecule has 90 valence electrons. The van der Waals surface area contributed by atoms with E-state index in [0.29, 0.717) is 0 Å². The minimum absolute atomic E-state index is 0.0371. The second kappa shape index (κ2) is 4.99. The molecule has 0 aliphatic heterocycles. The van der Waals surface area contributed by atoms with Crippen molar-refractivity contribution >= 4 is 21.8 Å². The van der Waals surface area contributed by atoms with Gasteiger partial charge in [-0.3, -0.25) is 9.48 Å². The number of aryl methyl sites for hydroxylation is 2. The van der Waals surface area contributed by atoms with Crippen LogP contribution >= 0.6 is 15.9 Å². The maximum atomic E-state index is 12.3. The number of carbonyl (C=O) groups is 1. The summed E-state index contributed by atoms with van der Waals surface area (Å²) in [7, 11) is 3.67. The number of alkyl halides is 1. The first-order chi connectivity index (χ1) is 7.40. The van der Waals surface area contributed by atoms with Crippen LogP contribution in [0.15, 0.2) is 0 Å². The van der Waals surface area contributed by atoms with Gasteiger partial charge in [-0.05, 0) is 20.8 Å². The Morgan fingerprint density at radius 3 is 2.50 bits per heavy atom. The smallest absolute Gasteiger partial charge is 0.257 e. The number of aromatic nitrogens is 2. The van der Waals surface area contributed by atoms with Gasteiger partial charge in [0, 0.05) is 31.2 Å². The van der Waals surface area contributed by atoms with E-state index in [0.717, 1.165) is 22.3 Å². The Balaban J connectivity index is 3.05. The van der Waals surface area contributed by atoms with E-state index in [4.69, 9.17) is 0 Å². The summed E-state index contributed by atoms with van der Waals surface area (Å²) in [4.78, 5) is 14.0. The molecule has 1 unspecified atom stereocenters. The monoisotopic (exact) mass is 287 g/mol. The molecule has 0 spiro atoms. The summed E-state index contributed by atoms with van der Waals surface area (Å²) >= 11 is 3.38. The summed E-state index contributed by atoms with van der Waals surface area (Å²) in [6, 6.07) is 0.173. The van der Waals surface area contributed by atoms with Crippen molar-refractivity contribution in [1.82, 2.24) is 14.7 Å². The van der Waals surface area contributed by atoms with Gasteiger partial charge in [-0.25, -0.2) is 0 Å². The van der Waals surface area contributed by atoms with Crippen LogP contribution in [-0.4, -0.2) is 39.0 Å². The number of carbonyl (C=O) groups excluding carboxylic acids is 1. The van der Waals surface area contributed by atoms with E-state index in [1.54, 1.807) is 9.58 Å². The van der Waals surface area contributed by atoms with Gasteiger partial charge >= 0.3 is 0 Å². The molecular weight excluding hydrogens is 270 g/mol. The number of nitrogens with zero attached hydrogens (tertiary/aromatic N) is 3. The zero-order valence-corrected chi connectivity index (χ0v) is 12.0. The minimum atomic E-state index is 0.0371. The lowest BCUT2D eigenvalue weighted by Gasteiger charge is -2.23. The van der Waals surface area contributed by atoms with Crippen molar-refractivity contribution in [1.29, 1.82) is 0 Å². The van der Waals surface area contributed by atoms with E-state index in [9.17, 15) is 4.79 Å². The predicted molar refractivity (Wildman–Crippen MR) is 68.0 cm³/mol. The zero-order valence-electron chi connectivity index (χ0n) is 10.4. The maximum Gasteiger partial charge on any atom is 0.257 e. The van der Waals surface area contributed by atoms with Crippen LogP contribution in [0.3, 0.4) is 0 Å². The summed E-state index contributed by atoms with van der Waals surface area (Å²) in [5.41, 5.74) is 2.42. The number of hydrogen-bond donors (Lipinski definition) is 0. The lowest BCUT2D eigenvalue weighted by molar-refractivity contribution is 0.0756. The van der Waals surface area contributed by atoms with Gasteiger partial charge < -0.3 is 4.90 Å². The minimum Gasteiger partial charge on any atom is -0.338 e. The van der Waals surface area contributed by atoms with Crippen LogP contribution in [0, 0.1) is 13.8 Å². The Kier molecular flexibility index (Phi) is 4.13. The van der Waals surface area contributed by atoms with Gasteiger partial charge in [0.05, 0.1) is 11.3 Å². The molecule has 0 saturated heterocycles. The molecule has 0 aliphatic rings. The highest BCUT2D eigenvalue weighted by Gasteiger charge is 2.23. The summed E-state index contributed by atoms with van der Waals surface area (Å²) < 4.78 is 1.75. The normalized spacial score (nSPS) is 12.6. The first kappa shape index (κ1) is 13.2. The zero-order chi connectivity index (χ0) is 12.5. The van der Waals surface area contributed by atoms with Crippen LogP contribution in [0.25, 0.3) is 0 Å². The lowest BCUT2D eigenvalue weighted by Crippen LogP contribution is -2.36. The van der Waals surface area contributed by atoms with Crippen molar-refractivity contribution in [2.75, 3.05) is 12.4 Å². The molecule has 1 heterocycles. The molecule has 1 amide bonds. The van der Waals surface area contributed by atoms with Crippen LogP contribution in [0.5, 0.6) is 0 Å². The van der Waals surface area contributed by atoms with Crippen molar-refractivity contribution in [2.24, 2.45) is 7.05 Å². The Labute approximate surface area is 105 Å². The molecule has 1 aromatic heterocycles. The van der Waals surface area contributed by atoms with Gasteiger partial charge in [-0.2, -0.15) is 5.10 Å². The summed E-state index contributed by atoms with van der Waals surface area (Å²) in [5, 5.41) is 5.03. The van der Waals surface area contributed by atoms with E-state index >= 15 is 0 Å². The molecule has 1 aromatic rings. The van der Waals surface area contributed by atoms with Gasteiger partial charge in [0.2, 0.25) is 0 Å². The van der Waals surface area contributed by atoms with Crippen LogP contribution in [0.4, 0.5) is 0 Å². The topological polar surface area (TPSA) is 38.1 Å². The third-order valence-electron chi connectivity index (χ3n) is 2.93. The molecule has 0 bridgehead atoms. The molecule has 0 aromatic carbocycles. The molecule has 1 atom stereocenters. The van der Waals surface area contributed by atoms with Gasteiger partial charge in [0.15, 0.2) is 0 Å². The third-order valence-corrected chi connectivity index (χ3v) is 3.86. The fourth-order valence-electron chi connectivity index (χ4n) is 1.56. The summed E-state index contributed by atoms with van der Waals surface area (Å²) in [6.07, 6.45) is 0. The van der Waals surface area contributed by atoms with Gasteiger partial charge in [0.25, 0.3) is 5.91 Å². The van der Waals surface area contributed by atoms with Gasteiger partial charge in [-0.15, -0.1) is 0 Å². The van der Waals surface area contributed by atoms with E-state index in [2.05, 4.69) is 21.0 Å². The molecule has 1 rings (SSSR count). The Morgan fingerprint density at radius 1 is 1.56 bits per heavy atom. The third kappa shape index (κ3) is 2.29. The second-order valence-corrected chi connectivity index (χ2v) is 4.74. The molecular formula is C11H18BrN3O. The number of rotatable bonds is 3. The average Bonchev–Trinajstić information content (AvgIpc) is 2.50. The highest BCUT2D eigenvalue weighted by Crippen LogP contribution is 2.15. The highest BCUT2D eigenvalue weighted by atomic mass is 79.9. The SMILES string of the molecule is Cc1nn(C)c(C)c1C(=O)N(C)C(C)CBr. The van der Waals surface area contributed by atoms with Crippen LogP contribution in [0.1, 0.15) is 28.7 Å².